The molecule has 3 unspecified atom stereocenters. The minimum absolute atomic E-state index is 0.0262. The van der Waals surface area contributed by atoms with Gasteiger partial charge in [0.05, 0.1) is 41.8 Å². The number of aryl methyl sites for hydroxylation is 2. The second kappa shape index (κ2) is 22.8. The van der Waals surface area contributed by atoms with Crippen molar-refractivity contribution in [2.24, 2.45) is 11.3 Å². The predicted octanol–water partition coefficient (Wildman–Crippen LogP) is 10.8. The lowest BCUT2D eigenvalue weighted by Crippen LogP contribution is -2.52. The normalized spacial score (nSPS) is 18.8. The van der Waals surface area contributed by atoms with Gasteiger partial charge < -0.3 is 34.6 Å². The monoisotopic (exact) mass is 1040 g/mol. The number of non-ortho nitro benzene ring substituents is 1. The number of amides is 4. The molecular formula is C50H60BrF3N8O8. The fourth-order valence-corrected chi connectivity index (χ4v) is 10.2. The number of morpholine rings is 1. The molecule has 1 aromatic heterocycles. The summed E-state index contributed by atoms with van der Waals surface area (Å²) in [6.07, 6.45) is 4.76. The summed E-state index contributed by atoms with van der Waals surface area (Å²) < 4.78 is 55.7. The zero-order valence-corrected chi connectivity index (χ0v) is 41.4. The first-order valence-corrected chi connectivity index (χ1v) is 24.5. The molecule has 1 aliphatic carbocycles. The van der Waals surface area contributed by atoms with Gasteiger partial charge in [0.1, 0.15) is 24.2 Å². The van der Waals surface area contributed by atoms with Crippen LogP contribution in [-0.4, -0.2) is 100 Å². The lowest BCUT2D eigenvalue weighted by atomic mass is 9.69. The first kappa shape index (κ1) is 51.8. The third-order valence-corrected chi connectivity index (χ3v) is 14.1. The summed E-state index contributed by atoms with van der Waals surface area (Å²) in [5.41, 5.74) is 3.69. The molecule has 1 saturated carbocycles. The van der Waals surface area contributed by atoms with Crippen LogP contribution < -0.4 is 25.4 Å². The van der Waals surface area contributed by atoms with Crippen molar-refractivity contribution in [1.82, 2.24) is 19.8 Å². The number of unbranched alkanes of at least 4 members (excludes halogenated alkanes) is 4. The van der Waals surface area contributed by atoms with E-state index < -0.39 is 23.6 Å². The van der Waals surface area contributed by atoms with Gasteiger partial charge in [0, 0.05) is 65.4 Å². The largest absolute Gasteiger partial charge is 0.573 e. The van der Waals surface area contributed by atoms with Crippen LogP contribution in [0.3, 0.4) is 0 Å². The molecule has 4 amide bonds. The molecule has 20 heteroatoms. The number of ether oxygens (including phenoxy) is 3. The van der Waals surface area contributed by atoms with Gasteiger partial charge in [0.15, 0.2) is 5.82 Å². The van der Waals surface area contributed by atoms with Crippen molar-refractivity contribution < 1.29 is 46.7 Å². The van der Waals surface area contributed by atoms with Crippen LogP contribution in [0.15, 0.2) is 71.5 Å². The van der Waals surface area contributed by atoms with Gasteiger partial charge in [-0.3, -0.25) is 30.0 Å². The van der Waals surface area contributed by atoms with Crippen LogP contribution in [0.25, 0.3) is 0 Å². The highest BCUT2D eigenvalue weighted by atomic mass is 79.9. The zero-order valence-electron chi connectivity index (χ0n) is 39.8. The average molecular weight is 1040 g/mol. The number of carbonyl (C=O) groups excluding carboxylic acids is 3. The minimum atomic E-state index is -4.86. The van der Waals surface area contributed by atoms with E-state index in [2.05, 4.69) is 60.4 Å². The number of fused-ring (bicyclic) bond motifs is 3. The Morgan fingerprint density at radius 3 is 2.47 bits per heavy atom. The van der Waals surface area contributed by atoms with Crippen molar-refractivity contribution in [3.05, 3.63) is 104 Å². The fraction of sp³-hybridized carbons (Fsp3) is 0.500. The molecule has 3 aliphatic rings. The number of hydrogen-bond donors (Lipinski definition) is 3. The van der Waals surface area contributed by atoms with Gasteiger partial charge in [0.2, 0.25) is 5.91 Å². The smallest absolute Gasteiger partial charge is 0.489 e. The molecule has 7 rings (SSSR count). The van der Waals surface area contributed by atoms with E-state index in [0.29, 0.717) is 69.3 Å². The van der Waals surface area contributed by atoms with Crippen LogP contribution in [0.1, 0.15) is 105 Å². The second-order valence-electron chi connectivity index (χ2n) is 19.0. The molecule has 4 aromatic rings. The molecule has 70 heavy (non-hydrogen) atoms. The van der Waals surface area contributed by atoms with Crippen molar-refractivity contribution in [2.45, 2.75) is 110 Å². The van der Waals surface area contributed by atoms with E-state index in [4.69, 9.17) is 9.47 Å². The summed E-state index contributed by atoms with van der Waals surface area (Å²) in [4.78, 5) is 63.6. The molecule has 3 aromatic carbocycles. The van der Waals surface area contributed by atoms with Crippen molar-refractivity contribution in [2.75, 3.05) is 55.3 Å². The Morgan fingerprint density at radius 1 is 0.986 bits per heavy atom. The molecule has 376 valence electrons. The molecule has 3 N–H and O–H groups in total. The predicted molar refractivity (Wildman–Crippen MR) is 261 cm³/mol. The first-order chi connectivity index (χ1) is 33.3. The lowest BCUT2D eigenvalue weighted by molar-refractivity contribution is -0.384. The van der Waals surface area contributed by atoms with Gasteiger partial charge >= 0.3 is 12.4 Å². The Kier molecular flexibility index (Phi) is 16.9. The van der Waals surface area contributed by atoms with Gasteiger partial charge in [-0.05, 0) is 105 Å². The van der Waals surface area contributed by atoms with E-state index in [-0.39, 0.29) is 58.6 Å². The zero-order chi connectivity index (χ0) is 50.2. The van der Waals surface area contributed by atoms with Gasteiger partial charge in [-0.25, -0.2) is 9.78 Å². The Hall–Kier alpha value is -6.02. The van der Waals surface area contributed by atoms with Crippen LogP contribution in [-0.2, 0) is 9.53 Å². The maximum Gasteiger partial charge on any atom is 0.573 e. The molecule has 2 fully saturated rings. The molecule has 16 nitrogen and oxygen atoms in total. The summed E-state index contributed by atoms with van der Waals surface area (Å²) >= 11 is 3.52. The summed E-state index contributed by atoms with van der Waals surface area (Å²) in [5.74, 6) is 0.378. The van der Waals surface area contributed by atoms with E-state index in [1.807, 2.05) is 13.0 Å². The standard InChI is InChI=1S/C50H60BrF3N8O8/c1-31-23-43(42(25-40(31)51)58-48(65)59-44-27-55-32(2)26-56-44)69-29-36-28-60(21-22-68-36)45(63)13-8-6-5-7-9-20-61(47(64)33-14-17-35(18-15-33)70-50(52,53)54)30-49(3,4)46-38-12-10-11-37(38)39-24-34(62(66)67)16-19-41(39)57-46/h14-19,23-27,36-38,46,57H,5-13,20-22,28-30H2,1-4H3,(H2,56,58,59,65)/t36-,37?,38?,46?/m0/s1. The summed E-state index contributed by atoms with van der Waals surface area (Å²) in [5, 5.41) is 20.8. The van der Waals surface area contributed by atoms with E-state index in [1.165, 1.54) is 24.4 Å². The maximum absolute atomic E-state index is 14.2. The number of benzene rings is 3. The minimum Gasteiger partial charge on any atom is -0.489 e. The molecule has 0 bridgehead atoms. The summed E-state index contributed by atoms with van der Waals surface area (Å²) in [6.45, 7) is 10.0. The number of carbonyl (C=O) groups is 3. The number of anilines is 3. The Bertz CT molecular complexity index is 2500. The molecule has 2 aliphatic heterocycles. The number of nitrogens with one attached hydrogen (secondary N) is 3. The quantitative estimate of drug-likeness (QED) is 0.0460. The van der Waals surface area contributed by atoms with Crippen molar-refractivity contribution in [3.63, 3.8) is 0 Å². The Morgan fingerprint density at radius 2 is 1.74 bits per heavy atom. The van der Waals surface area contributed by atoms with E-state index in [0.717, 1.165) is 77.6 Å². The van der Waals surface area contributed by atoms with Crippen LogP contribution in [0, 0.1) is 35.3 Å². The van der Waals surface area contributed by atoms with E-state index in [1.54, 1.807) is 41.1 Å². The number of nitro groups is 1. The number of nitrogens with zero attached hydrogens (tertiary/aromatic N) is 5. The number of rotatable bonds is 19. The number of aromatic nitrogens is 2. The van der Waals surface area contributed by atoms with Crippen molar-refractivity contribution in [1.29, 1.82) is 0 Å². The second-order valence-corrected chi connectivity index (χ2v) is 19.9. The number of alkyl halides is 3. The highest BCUT2D eigenvalue weighted by Crippen LogP contribution is 2.52. The summed E-state index contributed by atoms with van der Waals surface area (Å²) in [7, 11) is 0. The van der Waals surface area contributed by atoms with Gasteiger partial charge in [-0.2, -0.15) is 0 Å². The molecular weight excluding hydrogens is 977 g/mol. The van der Waals surface area contributed by atoms with Gasteiger partial charge in [-0.1, -0.05) is 55.5 Å². The number of hydrogen-bond acceptors (Lipinski definition) is 11. The number of urea groups is 1. The van der Waals surface area contributed by atoms with Gasteiger partial charge in [-0.15, -0.1) is 13.2 Å². The third-order valence-electron chi connectivity index (χ3n) is 13.3. The van der Waals surface area contributed by atoms with Crippen LogP contribution >= 0.6 is 15.9 Å². The maximum atomic E-state index is 14.2. The molecule has 4 atom stereocenters. The Labute approximate surface area is 413 Å². The topological polar surface area (TPSA) is 190 Å². The molecule has 1 saturated heterocycles. The first-order valence-electron chi connectivity index (χ1n) is 23.7. The SMILES string of the molecule is Cc1cnc(NC(=O)Nc2cc(Br)c(C)cc2OC[C@@H]2CN(C(=O)CCCCCCCN(CC(C)(C)C3Nc4ccc([N+](=O)[O-])cc4C4CCCC43)C(=O)c3ccc(OC(F)(F)F)cc3)CCO2)cn1. The highest BCUT2D eigenvalue weighted by molar-refractivity contribution is 9.10. The average Bonchev–Trinajstić information content (AvgIpc) is 3.82. The van der Waals surface area contributed by atoms with Crippen LogP contribution in [0.4, 0.5) is 40.8 Å². The van der Waals surface area contributed by atoms with Crippen molar-refractivity contribution >= 4 is 56.7 Å². The van der Waals surface area contributed by atoms with Crippen LogP contribution in [0.5, 0.6) is 11.5 Å². The molecule has 0 radical (unpaired) electrons. The fourth-order valence-electron chi connectivity index (χ4n) is 9.85. The van der Waals surface area contributed by atoms with E-state index in [9.17, 15) is 37.7 Å². The summed E-state index contributed by atoms with van der Waals surface area (Å²) in [6, 6.07) is 12.9. The number of nitro benzene ring substituents is 1. The highest BCUT2D eigenvalue weighted by Gasteiger charge is 2.47. The molecule has 0 spiro atoms. The van der Waals surface area contributed by atoms with E-state index >= 15 is 0 Å². The van der Waals surface area contributed by atoms with Crippen LogP contribution in [0.2, 0.25) is 0 Å². The Balaban J connectivity index is 0.900. The molecule has 3 heterocycles. The van der Waals surface area contributed by atoms with Gasteiger partial charge in [0.25, 0.3) is 11.6 Å². The van der Waals surface area contributed by atoms with Crippen molar-refractivity contribution in [3.8, 4) is 11.5 Å². The lowest BCUT2D eigenvalue weighted by Gasteiger charge is -2.47. The third kappa shape index (κ3) is 13.6. The number of halogens is 4.